The summed E-state index contributed by atoms with van der Waals surface area (Å²) in [5.74, 6) is -1.06. The molecule has 1 amide bonds. The Kier molecular flexibility index (Phi) is 8.33. The Balaban J connectivity index is 2.24. The lowest BCUT2D eigenvalue weighted by molar-refractivity contribution is -0.143. The number of rotatable bonds is 7. The Bertz CT molecular complexity index is 1410. The summed E-state index contributed by atoms with van der Waals surface area (Å²) in [4.78, 5) is 19.2. The molecule has 0 bridgehead atoms. The second-order valence-corrected chi connectivity index (χ2v) is 9.70. The van der Waals surface area contributed by atoms with E-state index < -0.39 is 46.2 Å². The van der Waals surface area contributed by atoms with E-state index >= 15 is 0 Å². The van der Waals surface area contributed by atoms with Gasteiger partial charge in [0.1, 0.15) is 11.6 Å². The molecule has 214 valence electrons. The topological polar surface area (TPSA) is 69.1 Å². The number of anilines is 2. The molecule has 0 spiro atoms. The number of aromatic nitrogens is 1. The molecule has 0 aliphatic rings. The van der Waals surface area contributed by atoms with Crippen molar-refractivity contribution in [1.82, 2.24) is 4.98 Å². The molecule has 0 radical (unpaired) electrons. The highest BCUT2D eigenvalue weighted by molar-refractivity contribution is 6.07. The quantitative estimate of drug-likeness (QED) is 0.228. The minimum Gasteiger partial charge on any atom is -0.370 e. The number of likely N-dealkylation sites (N-methyl/N-ethyl adjacent to an activating group) is 1. The van der Waals surface area contributed by atoms with Crippen LogP contribution in [-0.4, -0.2) is 30.7 Å². The molecule has 12 heteroatoms. The van der Waals surface area contributed by atoms with Crippen molar-refractivity contribution in [3.05, 3.63) is 76.2 Å². The molecule has 40 heavy (non-hydrogen) atoms. The van der Waals surface area contributed by atoms with Crippen molar-refractivity contribution in [2.75, 3.05) is 23.8 Å². The first kappa shape index (κ1) is 30.6. The van der Waals surface area contributed by atoms with Gasteiger partial charge in [0.25, 0.3) is 0 Å². The van der Waals surface area contributed by atoms with E-state index in [2.05, 4.69) is 10.3 Å². The molecular weight excluding hydrogens is 541 g/mol. The largest absolute Gasteiger partial charge is 0.416 e. The van der Waals surface area contributed by atoms with Crippen molar-refractivity contribution in [3.63, 3.8) is 0 Å². The van der Waals surface area contributed by atoms with Gasteiger partial charge in [-0.25, -0.2) is 9.37 Å². The number of benzene rings is 2. The van der Waals surface area contributed by atoms with Crippen LogP contribution in [0.4, 0.5) is 42.2 Å². The number of nitrogens with zero attached hydrogens (tertiary/aromatic N) is 2. The minimum atomic E-state index is -5.08. The Labute approximate surface area is 226 Å². The van der Waals surface area contributed by atoms with Crippen LogP contribution in [-0.2, 0) is 22.6 Å². The van der Waals surface area contributed by atoms with Gasteiger partial charge in [0.15, 0.2) is 0 Å². The average molecular weight is 569 g/mol. The van der Waals surface area contributed by atoms with Gasteiger partial charge < -0.3 is 15.6 Å². The summed E-state index contributed by atoms with van der Waals surface area (Å²) in [6.07, 6.45) is -7.86. The number of nitrogens with one attached hydrogen (secondary N) is 2. The summed E-state index contributed by atoms with van der Waals surface area (Å²) in [5, 5.41) is 11.0. The van der Waals surface area contributed by atoms with E-state index in [9.17, 15) is 35.5 Å². The molecule has 2 aromatic carbocycles. The molecule has 0 aliphatic carbocycles. The highest BCUT2D eigenvalue weighted by Crippen LogP contribution is 2.42. The molecular formula is C28H27F7N4O. The zero-order valence-corrected chi connectivity index (χ0v) is 22.3. The first-order valence-electron chi connectivity index (χ1n) is 12.1. The molecule has 0 saturated carbocycles. The van der Waals surface area contributed by atoms with E-state index in [0.29, 0.717) is 41.2 Å². The van der Waals surface area contributed by atoms with E-state index in [1.807, 2.05) is 0 Å². The van der Waals surface area contributed by atoms with Crippen molar-refractivity contribution in [2.24, 2.45) is 0 Å². The maximum Gasteiger partial charge on any atom is 0.416 e. The van der Waals surface area contributed by atoms with Crippen molar-refractivity contribution in [1.29, 1.82) is 5.41 Å². The molecule has 0 saturated heterocycles. The van der Waals surface area contributed by atoms with Crippen LogP contribution in [0.25, 0.3) is 11.1 Å². The Morgan fingerprint density at radius 2 is 1.55 bits per heavy atom. The standard InChI is InChI=1S/C28H27F7N4O/c1-6-37-24-21(13-36)23(20-8-7-19(29)9-15(20)2)22(14-38-24)39(5)25(40)26(3,4)16-10-17(27(30,31)32)12-18(11-16)28(33,34)35/h7-14,36H,6H2,1-5H3,(H,37,38). The normalized spacial score (nSPS) is 12.3. The zero-order valence-electron chi connectivity index (χ0n) is 22.3. The van der Waals surface area contributed by atoms with Crippen LogP contribution in [0, 0.1) is 18.2 Å². The third-order valence-electron chi connectivity index (χ3n) is 6.55. The minimum absolute atomic E-state index is 0.00290. The van der Waals surface area contributed by atoms with Crippen LogP contribution in [0.5, 0.6) is 0 Å². The van der Waals surface area contributed by atoms with E-state index in [1.165, 1.54) is 45.3 Å². The van der Waals surface area contributed by atoms with Crippen molar-refractivity contribution in [3.8, 4) is 11.1 Å². The predicted molar refractivity (Wildman–Crippen MR) is 139 cm³/mol. The first-order chi connectivity index (χ1) is 18.4. The van der Waals surface area contributed by atoms with Crippen LogP contribution in [0.2, 0.25) is 0 Å². The number of carbonyl (C=O) groups excluding carboxylic acids is 1. The van der Waals surface area contributed by atoms with Gasteiger partial charge in [-0.15, -0.1) is 0 Å². The number of hydrogen-bond donors (Lipinski definition) is 2. The summed E-state index contributed by atoms with van der Waals surface area (Å²) >= 11 is 0. The Morgan fingerprint density at radius 1 is 1.00 bits per heavy atom. The lowest BCUT2D eigenvalue weighted by Crippen LogP contribution is -2.42. The maximum atomic E-state index is 13.9. The van der Waals surface area contributed by atoms with Gasteiger partial charge in [0, 0.05) is 30.9 Å². The van der Waals surface area contributed by atoms with E-state index in [1.54, 1.807) is 13.8 Å². The molecule has 1 aromatic heterocycles. The summed E-state index contributed by atoms with van der Waals surface area (Å²) in [6, 6.07) is 4.97. The van der Waals surface area contributed by atoms with Crippen LogP contribution >= 0.6 is 0 Å². The number of alkyl halides is 6. The molecule has 3 aromatic rings. The fourth-order valence-corrected chi connectivity index (χ4v) is 4.38. The van der Waals surface area contributed by atoms with Gasteiger partial charge in [-0.05, 0) is 74.7 Å². The maximum absolute atomic E-state index is 13.9. The lowest BCUT2D eigenvalue weighted by atomic mass is 9.81. The van der Waals surface area contributed by atoms with E-state index in [0.717, 1.165) is 11.1 Å². The number of amides is 1. The summed E-state index contributed by atoms with van der Waals surface area (Å²) in [5.41, 5.74) is -3.83. The smallest absolute Gasteiger partial charge is 0.370 e. The summed E-state index contributed by atoms with van der Waals surface area (Å²) in [7, 11) is 1.31. The van der Waals surface area contributed by atoms with Gasteiger partial charge in [0.2, 0.25) is 5.91 Å². The fraction of sp³-hybridized carbons (Fsp3) is 0.321. The van der Waals surface area contributed by atoms with E-state index in [-0.39, 0.29) is 17.3 Å². The molecule has 5 nitrogen and oxygen atoms in total. The molecule has 1 heterocycles. The van der Waals surface area contributed by atoms with Gasteiger partial charge in [-0.3, -0.25) is 4.79 Å². The van der Waals surface area contributed by atoms with Gasteiger partial charge in [0.05, 0.1) is 28.4 Å². The fourth-order valence-electron chi connectivity index (χ4n) is 4.38. The van der Waals surface area contributed by atoms with Gasteiger partial charge >= 0.3 is 12.4 Å². The molecule has 0 atom stereocenters. The Hall–Kier alpha value is -3.96. The van der Waals surface area contributed by atoms with Crippen LogP contribution in [0.15, 0.2) is 42.6 Å². The van der Waals surface area contributed by atoms with Crippen molar-refractivity contribution < 1.29 is 35.5 Å². The van der Waals surface area contributed by atoms with Crippen LogP contribution < -0.4 is 10.2 Å². The number of aryl methyl sites for hydroxylation is 1. The third kappa shape index (κ3) is 5.95. The van der Waals surface area contributed by atoms with E-state index in [4.69, 9.17) is 5.41 Å². The molecule has 2 N–H and O–H groups in total. The van der Waals surface area contributed by atoms with Gasteiger partial charge in [-0.2, -0.15) is 26.3 Å². The summed E-state index contributed by atoms with van der Waals surface area (Å²) < 4.78 is 95.0. The average Bonchev–Trinajstić information content (AvgIpc) is 2.86. The first-order valence-corrected chi connectivity index (χ1v) is 12.1. The second kappa shape index (κ2) is 10.9. The molecule has 0 aliphatic heterocycles. The zero-order chi connectivity index (χ0) is 30.2. The third-order valence-corrected chi connectivity index (χ3v) is 6.55. The van der Waals surface area contributed by atoms with Crippen LogP contribution in [0.3, 0.4) is 0 Å². The van der Waals surface area contributed by atoms with Gasteiger partial charge in [-0.1, -0.05) is 6.07 Å². The number of carbonyl (C=O) groups is 1. The molecule has 3 rings (SSSR count). The predicted octanol–water partition coefficient (Wildman–Crippen LogP) is 7.60. The van der Waals surface area contributed by atoms with Crippen LogP contribution in [0.1, 0.15) is 48.6 Å². The Morgan fingerprint density at radius 3 is 2.02 bits per heavy atom. The summed E-state index contributed by atoms with van der Waals surface area (Å²) in [6.45, 7) is 6.31. The second-order valence-electron chi connectivity index (χ2n) is 9.70. The highest BCUT2D eigenvalue weighted by atomic mass is 19.4. The highest BCUT2D eigenvalue weighted by Gasteiger charge is 2.41. The number of pyridine rings is 1. The van der Waals surface area contributed by atoms with Crippen molar-refractivity contribution >= 4 is 23.6 Å². The molecule has 0 unspecified atom stereocenters. The molecule has 0 fully saturated rings. The SMILES string of the molecule is CCNc1ncc(N(C)C(=O)C(C)(C)c2cc(C(F)(F)F)cc(C(F)(F)F)c2)c(-c2ccc(F)cc2C)c1C=N. The van der Waals surface area contributed by atoms with Crippen molar-refractivity contribution in [2.45, 2.75) is 45.5 Å². The number of hydrogen-bond acceptors (Lipinski definition) is 4. The lowest BCUT2D eigenvalue weighted by Gasteiger charge is -2.32. The monoisotopic (exact) mass is 568 g/mol. The number of halogens is 7.